The van der Waals surface area contributed by atoms with Gasteiger partial charge in [-0.1, -0.05) is 30.3 Å². The fourth-order valence-electron chi connectivity index (χ4n) is 1.41. The summed E-state index contributed by atoms with van der Waals surface area (Å²) in [5, 5.41) is 17.3. The molecule has 0 heterocycles. The van der Waals surface area contributed by atoms with Crippen LogP contribution in [0, 0.1) is 0 Å². The van der Waals surface area contributed by atoms with Gasteiger partial charge in [0.2, 0.25) is 10.0 Å². The third kappa shape index (κ3) is 5.49. The quantitative estimate of drug-likeness (QED) is 0.650. The largest absolute Gasteiger partial charge is 0.481 e. The number of carboxylic acid groups (broad SMARTS) is 2. The minimum absolute atomic E-state index is 0.406. The number of hydrogen-bond donors (Lipinski definition) is 3. The Kier molecular flexibility index (Phi) is 5.02. The van der Waals surface area contributed by atoms with E-state index in [-0.39, 0.29) is 0 Å². The molecule has 1 unspecified atom stereocenters. The minimum atomic E-state index is -3.92. The highest BCUT2D eigenvalue weighted by Gasteiger charge is 2.26. The fraction of sp³-hybridized carbons (Fsp3) is 0.273. The average molecular weight is 287 g/mol. The SMILES string of the molecule is O=C(O)CC(NS(=O)(=O)Cc1ccccc1)C(=O)O. The standard InChI is InChI=1S/C11H13NO6S/c13-10(14)6-9(11(15)16)12-19(17,18)7-8-4-2-1-3-5-8/h1-5,9,12H,6-7H2,(H,13,14)(H,15,16). The maximum absolute atomic E-state index is 11.7. The van der Waals surface area contributed by atoms with E-state index in [0.29, 0.717) is 5.56 Å². The minimum Gasteiger partial charge on any atom is -0.481 e. The average Bonchev–Trinajstić information content (AvgIpc) is 2.27. The van der Waals surface area contributed by atoms with Crippen LogP contribution in [0.15, 0.2) is 30.3 Å². The smallest absolute Gasteiger partial charge is 0.322 e. The molecule has 0 aliphatic heterocycles. The summed E-state index contributed by atoms with van der Waals surface area (Å²) in [4.78, 5) is 21.2. The lowest BCUT2D eigenvalue weighted by atomic mass is 10.2. The monoisotopic (exact) mass is 287 g/mol. The van der Waals surface area contributed by atoms with Gasteiger partial charge in [-0.25, -0.2) is 13.1 Å². The van der Waals surface area contributed by atoms with Crippen molar-refractivity contribution in [3.8, 4) is 0 Å². The van der Waals surface area contributed by atoms with Crippen molar-refractivity contribution in [1.82, 2.24) is 4.72 Å². The first-order valence-electron chi connectivity index (χ1n) is 5.28. The van der Waals surface area contributed by atoms with Crippen molar-refractivity contribution >= 4 is 22.0 Å². The molecule has 0 spiro atoms. The lowest BCUT2D eigenvalue weighted by molar-refractivity contribution is -0.145. The van der Waals surface area contributed by atoms with Gasteiger partial charge in [0, 0.05) is 0 Å². The summed E-state index contributed by atoms with van der Waals surface area (Å²) in [6, 6.07) is 6.49. The van der Waals surface area contributed by atoms with E-state index in [1.807, 2.05) is 4.72 Å². The molecule has 7 nitrogen and oxygen atoms in total. The van der Waals surface area contributed by atoms with Crippen molar-refractivity contribution < 1.29 is 28.2 Å². The highest BCUT2D eigenvalue weighted by molar-refractivity contribution is 7.88. The zero-order valence-electron chi connectivity index (χ0n) is 9.81. The topological polar surface area (TPSA) is 121 Å². The number of hydrogen-bond acceptors (Lipinski definition) is 4. The third-order valence-corrected chi connectivity index (χ3v) is 3.56. The van der Waals surface area contributed by atoms with Gasteiger partial charge < -0.3 is 10.2 Å². The van der Waals surface area contributed by atoms with Crippen LogP contribution in [0.25, 0.3) is 0 Å². The highest BCUT2D eigenvalue weighted by atomic mass is 32.2. The lowest BCUT2D eigenvalue weighted by Crippen LogP contribution is -2.42. The van der Waals surface area contributed by atoms with Crippen LogP contribution in [0.3, 0.4) is 0 Å². The summed E-state index contributed by atoms with van der Waals surface area (Å²) in [5.41, 5.74) is 0.481. The molecular weight excluding hydrogens is 274 g/mol. The molecule has 0 amide bonds. The first-order chi connectivity index (χ1) is 8.80. The first-order valence-corrected chi connectivity index (χ1v) is 6.94. The number of aliphatic carboxylic acids is 2. The van der Waals surface area contributed by atoms with E-state index >= 15 is 0 Å². The lowest BCUT2D eigenvalue weighted by Gasteiger charge is -2.12. The van der Waals surface area contributed by atoms with Gasteiger partial charge in [0.05, 0.1) is 12.2 Å². The number of rotatable bonds is 7. The van der Waals surface area contributed by atoms with Crippen LogP contribution < -0.4 is 4.72 Å². The van der Waals surface area contributed by atoms with E-state index in [1.54, 1.807) is 30.3 Å². The van der Waals surface area contributed by atoms with Crippen LogP contribution in [0.4, 0.5) is 0 Å². The molecule has 3 N–H and O–H groups in total. The van der Waals surface area contributed by atoms with Gasteiger partial charge in [0.25, 0.3) is 0 Å². The molecule has 8 heteroatoms. The zero-order valence-corrected chi connectivity index (χ0v) is 10.6. The molecule has 19 heavy (non-hydrogen) atoms. The summed E-state index contributed by atoms with van der Waals surface area (Å²) in [5.74, 6) is -3.33. The molecular formula is C11H13NO6S. The Balaban J connectivity index is 2.77. The summed E-state index contributed by atoms with van der Waals surface area (Å²) >= 11 is 0. The van der Waals surface area contributed by atoms with Gasteiger partial charge in [-0.05, 0) is 5.56 Å². The molecule has 0 saturated heterocycles. The van der Waals surface area contributed by atoms with Crippen molar-refractivity contribution in [3.05, 3.63) is 35.9 Å². The summed E-state index contributed by atoms with van der Waals surface area (Å²) in [6.45, 7) is 0. The van der Waals surface area contributed by atoms with Crippen LogP contribution in [0.1, 0.15) is 12.0 Å². The number of nitrogens with one attached hydrogen (secondary N) is 1. The Morgan fingerprint density at radius 1 is 1.16 bits per heavy atom. The Bertz CT molecular complexity index is 554. The second-order valence-corrected chi connectivity index (χ2v) is 5.61. The molecule has 0 saturated carbocycles. The molecule has 1 atom stereocenters. The molecule has 0 aliphatic carbocycles. The van der Waals surface area contributed by atoms with E-state index in [2.05, 4.69) is 0 Å². The van der Waals surface area contributed by atoms with E-state index in [9.17, 15) is 18.0 Å². The van der Waals surface area contributed by atoms with Gasteiger partial charge in [-0.3, -0.25) is 9.59 Å². The van der Waals surface area contributed by atoms with Crippen molar-refractivity contribution in [1.29, 1.82) is 0 Å². The van der Waals surface area contributed by atoms with Crippen LogP contribution in [-0.4, -0.2) is 36.6 Å². The van der Waals surface area contributed by atoms with Gasteiger partial charge in [0.15, 0.2) is 0 Å². The molecule has 1 aromatic rings. The van der Waals surface area contributed by atoms with Crippen molar-refractivity contribution in [3.63, 3.8) is 0 Å². The summed E-state index contributed by atoms with van der Waals surface area (Å²) in [6.07, 6.45) is -0.816. The van der Waals surface area contributed by atoms with Gasteiger partial charge in [0.1, 0.15) is 6.04 Å². The number of sulfonamides is 1. The molecule has 0 aliphatic rings. The van der Waals surface area contributed by atoms with E-state index in [4.69, 9.17) is 10.2 Å². The van der Waals surface area contributed by atoms with Crippen LogP contribution in [0.5, 0.6) is 0 Å². The van der Waals surface area contributed by atoms with E-state index in [0.717, 1.165) is 0 Å². The van der Waals surface area contributed by atoms with Crippen molar-refractivity contribution in [2.75, 3.05) is 0 Å². The van der Waals surface area contributed by atoms with Gasteiger partial charge in [-0.15, -0.1) is 0 Å². The van der Waals surface area contributed by atoms with Crippen molar-refractivity contribution in [2.45, 2.75) is 18.2 Å². The zero-order chi connectivity index (χ0) is 14.5. The molecule has 0 bridgehead atoms. The Morgan fingerprint density at radius 3 is 2.21 bits per heavy atom. The predicted octanol–water partition coefficient (Wildman–Crippen LogP) is 0.0339. The molecule has 0 fully saturated rings. The van der Waals surface area contributed by atoms with Crippen LogP contribution >= 0.6 is 0 Å². The predicted molar refractivity (Wildman–Crippen MR) is 65.9 cm³/mol. The second-order valence-electron chi connectivity index (χ2n) is 3.85. The summed E-state index contributed by atoms with van der Waals surface area (Å²) < 4.78 is 25.3. The third-order valence-electron chi connectivity index (χ3n) is 2.20. The second kappa shape index (κ2) is 6.30. The molecule has 104 valence electrons. The number of carboxylic acids is 2. The maximum Gasteiger partial charge on any atom is 0.322 e. The first kappa shape index (κ1) is 15.1. The van der Waals surface area contributed by atoms with E-state index < -0.39 is 40.2 Å². The fourth-order valence-corrected chi connectivity index (χ4v) is 2.74. The Labute approximate surface area is 109 Å². The molecule has 0 aromatic heterocycles. The normalized spacial score (nSPS) is 12.8. The maximum atomic E-state index is 11.7. The van der Waals surface area contributed by atoms with Gasteiger partial charge in [-0.2, -0.15) is 0 Å². The Morgan fingerprint density at radius 2 is 1.74 bits per heavy atom. The van der Waals surface area contributed by atoms with Crippen LogP contribution in [-0.2, 0) is 25.4 Å². The number of benzene rings is 1. The Hall–Kier alpha value is -1.93. The van der Waals surface area contributed by atoms with Crippen LogP contribution in [0.2, 0.25) is 0 Å². The van der Waals surface area contributed by atoms with Crippen molar-refractivity contribution in [2.24, 2.45) is 0 Å². The molecule has 1 rings (SSSR count). The van der Waals surface area contributed by atoms with Gasteiger partial charge >= 0.3 is 11.9 Å². The summed E-state index contributed by atoms with van der Waals surface area (Å²) in [7, 11) is -3.92. The van der Waals surface area contributed by atoms with E-state index in [1.165, 1.54) is 0 Å². The molecule has 0 radical (unpaired) electrons. The number of carbonyl (C=O) groups is 2. The molecule has 1 aromatic carbocycles. The highest BCUT2D eigenvalue weighted by Crippen LogP contribution is 2.06.